The van der Waals surface area contributed by atoms with Crippen LogP contribution in [0.25, 0.3) is 21.9 Å². The zero-order valence-corrected chi connectivity index (χ0v) is 14.0. The van der Waals surface area contributed by atoms with Crippen molar-refractivity contribution in [1.29, 1.82) is 0 Å². The highest BCUT2D eigenvalue weighted by Crippen LogP contribution is 2.36. The Balaban J connectivity index is 2.24. The minimum absolute atomic E-state index is 0.0335. The third kappa shape index (κ3) is 3.63. The topological polar surface area (TPSA) is 39.4 Å². The molecular weight excluding hydrogens is 359 g/mol. The predicted molar refractivity (Wildman–Crippen MR) is 93.7 cm³/mol. The summed E-state index contributed by atoms with van der Waals surface area (Å²) in [5, 5.41) is 1.18. The third-order valence-corrected chi connectivity index (χ3v) is 3.56. The average molecular weight is 370 g/mol. The molecule has 0 saturated carbocycles. The molecule has 6 heteroatoms. The lowest BCUT2D eigenvalue weighted by atomic mass is 10.0. The number of hydrogen-bond donors (Lipinski definition) is 0. The smallest absolute Gasteiger partial charge is 0.346 e. The molecule has 118 valence electrons. The first-order valence-electron chi connectivity index (χ1n) is 6.76. The van der Waals surface area contributed by atoms with Crippen LogP contribution in [0.1, 0.15) is 0 Å². The van der Waals surface area contributed by atoms with Crippen molar-refractivity contribution >= 4 is 45.6 Å². The Morgan fingerprint density at radius 2 is 1.52 bits per heavy atom. The third-order valence-electron chi connectivity index (χ3n) is 3.24. The zero-order valence-electron chi connectivity index (χ0n) is 11.8. The standard InChI is InChI=1S/C17H11Cl3O3/c18-17(19,20)10-22-16-14(11-6-2-1-3-7-11)12-8-4-5-9-13(12)15(21)23-16/h1-9H,10H2. The normalized spacial score (nSPS) is 11.6. The minimum Gasteiger partial charge on any atom is -0.460 e. The van der Waals surface area contributed by atoms with E-state index in [1.165, 1.54) is 0 Å². The fourth-order valence-electron chi connectivity index (χ4n) is 2.31. The van der Waals surface area contributed by atoms with Gasteiger partial charge < -0.3 is 9.15 Å². The van der Waals surface area contributed by atoms with Crippen LogP contribution >= 0.6 is 34.8 Å². The summed E-state index contributed by atoms with van der Waals surface area (Å²) in [7, 11) is 0. The maximum Gasteiger partial charge on any atom is 0.346 e. The van der Waals surface area contributed by atoms with E-state index in [9.17, 15) is 4.79 Å². The molecule has 0 atom stereocenters. The fourth-order valence-corrected chi connectivity index (χ4v) is 2.47. The highest BCUT2D eigenvalue weighted by atomic mass is 35.6. The summed E-state index contributed by atoms with van der Waals surface area (Å²) in [6, 6.07) is 16.6. The fraction of sp³-hybridized carbons (Fsp3) is 0.118. The lowest BCUT2D eigenvalue weighted by Crippen LogP contribution is -2.17. The van der Waals surface area contributed by atoms with E-state index in [1.807, 2.05) is 42.5 Å². The van der Waals surface area contributed by atoms with Gasteiger partial charge >= 0.3 is 5.63 Å². The average Bonchev–Trinajstić information content (AvgIpc) is 2.53. The first-order chi connectivity index (χ1) is 11.0. The van der Waals surface area contributed by atoms with Crippen molar-refractivity contribution in [3.63, 3.8) is 0 Å². The minimum atomic E-state index is -1.61. The quantitative estimate of drug-likeness (QED) is 0.595. The molecule has 2 aromatic carbocycles. The zero-order chi connectivity index (χ0) is 16.4. The molecular formula is C17H11Cl3O3. The number of halogens is 3. The van der Waals surface area contributed by atoms with E-state index >= 15 is 0 Å². The summed E-state index contributed by atoms with van der Waals surface area (Å²) >= 11 is 17.2. The van der Waals surface area contributed by atoms with Gasteiger partial charge in [-0.25, -0.2) is 4.79 Å². The van der Waals surface area contributed by atoms with E-state index < -0.39 is 9.42 Å². The number of hydrogen-bond acceptors (Lipinski definition) is 3. The number of rotatable bonds is 3. The maximum absolute atomic E-state index is 12.2. The first kappa shape index (κ1) is 16.2. The first-order valence-corrected chi connectivity index (χ1v) is 7.90. The van der Waals surface area contributed by atoms with Crippen LogP contribution in [0, 0.1) is 0 Å². The molecule has 0 unspecified atom stereocenters. The van der Waals surface area contributed by atoms with Gasteiger partial charge in [-0.05, 0) is 11.6 Å². The summed E-state index contributed by atoms with van der Waals surface area (Å²) < 4.78 is 9.19. The summed E-state index contributed by atoms with van der Waals surface area (Å²) in [6.07, 6.45) is 0. The van der Waals surface area contributed by atoms with E-state index in [0.717, 1.165) is 5.56 Å². The van der Waals surface area contributed by atoms with Crippen LogP contribution in [0.3, 0.4) is 0 Å². The van der Waals surface area contributed by atoms with Gasteiger partial charge in [0.2, 0.25) is 3.79 Å². The van der Waals surface area contributed by atoms with E-state index in [0.29, 0.717) is 16.3 Å². The van der Waals surface area contributed by atoms with Crippen molar-refractivity contribution in [3.05, 3.63) is 65.0 Å². The molecule has 3 nitrogen and oxygen atoms in total. The van der Waals surface area contributed by atoms with Crippen LogP contribution in [0.15, 0.2) is 63.8 Å². The van der Waals surface area contributed by atoms with Gasteiger partial charge in [-0.15, -0.1) is 0 Å². The van der Waals surface area contributed by atoms with Gasteiger partial charge in [0.1, 0.15) is 6.61 Å². The highest BCUT2D eigenvalue weighted by Gasteiger charge is 2.24. The van der Waals surface area contributed by atoms with Gasteiger partial charge in [-0.2, -0.15) is 0 Å². The number of alkyl halides is 3. The van der Waals surface area contributed by atoms with Crippen LogP contribution in [0.5, 0.6) is 5.95 Å². The second-order valence-corrected chi connectivity index (χ2v) is 7.38. The van der Waals surface area contributed by atoms with Crippen LogP contribution in [-0.4, -0.2) is 10.4 Å². The maximum atomic E-state index is 12.2. The van der Waals surface area contributed by atoms with Gasteiger partial charge in [0, 0.05) is 5.39 Å². The molecule has 3 rings (SSSR count). The van der Waals surface area contributed by atoms with Crippen molar-refractivity contribution in [1.82, 2.24) is 0 Å². The van der Waals surface area contributed by atoms with E-state index in [2.05, 4.69) is 0 Å². The molecule has 0 spiro atoms. The molecule has 23 heavy (non-hydrogen) atoms. The summed E-state index contributed by atoms with van der Waals surface area (Å²) in [6.45, 7) is -0.237. The van der Waals surface area contributed by atoms with E-state index in [4.69, 9.17) is 44.0 Å². The molecule has 0 fully saturated rings. The van der Waals surface area contributed by atoms with E-state index in [1.54, 1.807) is 12.1 Å². The van der Waals surface area contributed by atoms with Crippen molar-refractivity contribution in [3.8, 4) is 17.1 Å². The molecule has 1 aromatic heterocycles. The Labute approximate surface area is 147 Å². The molecule has 1 heterocycles. The molecule has 0 bridgehead atoms. The highest BCUT2D eigenvalue weighted by molar-refractivity contribution is 6.67. The van der Waals surface area contributed by atoms with Gasteiger partial charge in [0.15, 0.2) is 0 Å². The molecule has 0 amide bonds. The number of benzene rings is 2. The predicted octanol–water partition coefficient (Wildman–Crippen LogP) is 5.21. The number of ether oxygens (including phenoxy) is 1. The lowest BCUT2D eigenvalue weighted by molar-refractivity contribution is 0.239. The Morgan fingerprint density at radius 3 is 2.17 bits per heavy atom. The van der Waals surface area contributed by atoms with Gasteiger partial charge in [0.05, 0.1) is 10.9 Å². The number of fused-ring (bicyclic) bond motifs is 1. The summed E-state index contributed by atoms with van der Waals surface area (Å²) in [5.74, 6) is 0.0335. The largest absolute Gasteiger partial charge is 0.460 e. The van der Waals surface area contributed by atoms with Crippen LogP contribution in [-0.2, 0) is 0 Å². The van der Waals surface area contributed by atoms with Crippen LogP contribution in [0.4, 0.5) is 0 Å². The van der Waals surface area contributed by atoms with E-state index in [-0.39, 0.29) is 12.6 Å². The molecule has 3 aromatic rings. The Bertz CT molecular complexity index is 883. The molecule has 0 radical (unpaired) electrons. The van der Waals surface area contributed by atoms with Gasteiger partial charge in [-0.1, -0.05) is 83.3 Å². The van der Waals surface area contributed by atoms with Crippen molar-refractivity contribution in [2.45, 2.75) is 3.79 Å². The van der Waals surface area contributed by atoms with Crippen molar-refractivity contribution in [2.75, 3.05) is 6.61 Å². The lowest BCUT2D eigenvalue weighted by Gasteiger charge is -2.15. The molecule has 0 aliphatic rings. The Morgan fingerprint density at radius 1 is 0.913 bits per heavy atom. The van der Waals surface area contributed by atoms with Gasteiger partial charge in [0.25, 0.3) is 5.95 Å². The SMILES string of the molecule is O=c1oc(OCC(Cl)(Cl)Cl)c(-c2ccccc2)c2ccccc12. The monoisotopic (exact) mass is 368 g/mol. The van der Waals surface area contributed by atoms with Crippen LogP contribution in [0.2, 0.25) is 0 Å². The second-order valence-electron chi connectivity index (χ2n) is 4.87. The summed E-state index contributed by atoms with van der Waals surface area (Å²) in [4.78, 5) is 12.2. The van der Waals surface area contributed by atoms with Crippen LogP contribution < -0.4 is 10.4 Å². The van der Waals surface area contributed by atoms with Crippen molar-refractivity contribution < 1.29 is 9.15 Å². The molecule has 0 saturated heterocycles. The molecule has 0 N–H and O–H groups in total. The van der Waals surface area contributed by atoms with Crippen molar-refractivity contribution in [2.24, 2.45) is 0 Å². The second kappa shape index (κ2) is 6.44. The summed E-state index contributed by atoms with van der Waals surface area (Å²) in [5.41, 5.74) is 0.987. The Kier molecular flexibility index (Phi) is 4.53. The Hall–Kier alpha value is -1.68. The molecule has 0 aliphatic carbocycles. The molecule has 0 aliphatic heterocycles. The van der Waals surface area contributed by atoms with Gasteiger partial charge in [-0.3, -0.25) is 0 Å².